The lowest BCUT2D eigenvalue weighted by molar-refractivity contribution is -0.136. The summed E-state index contributed by atoms with van der Waals surface area (Å²) in [6.07, 6.45) is 0.241. The Kier molecular flexibility index (Phi) is 7.72. The van der Waals surface area contributed by atoms with E-state index in [4.69, 9.17) is 44.8 Å². The first-order valence-electron chi connectivity index (χ1n) is 13.4. The third-order valence-corrected chi connectivity index (χ3v) is 8.63. The number of allylic oxidation sites excluding steroid dienone is 2. The number of hydrogen-bond donors (Lipinski definition) is 1. The molecule has 2 aromatic carbocycles. The summed E-state index contributed by atoms with van der Waals surface area (Å²) in [4.78, 5) is 42.5. The van der Waals surface area contributed by atoms with E-state index in [1.807, 2.05) is 0 Å². The Morgan fingerprint density at radius 3 is 2.05 bits per heavy atom. The first kappa shape index (κ1) is 30.1. The van der Waals surface area contributed by atoms with Crippen LogP contribution in [0, 0.1) is 5.92 Å². The molecule has 0 saturated heterocycles. The van der Waals surface area contributed by atoms with Gasteiger partial charge in [0.25, 0.3) is 0 Å². The molecule has 12 heteroatoms. The largest absolute Gasteiger partial charge is 0.496 e. The van der Waals surface area contributed by atoms with Gasteiger partial charge in [-0.15, -0.1) is 0 Å². The third kappa shape index (κ3) is 4.20. The minimum absolute atomic E-state index is 0.000125. The van der Waals surface area contributed by atoms with Gasteiger partial charge >= 0.3 is 5.97 Å². The zero-order valence-corrected chi connectivity index (χ0v) is 25.8. The summed E-state index contributed by atoms with van der Waals surface area (Å²) in [7, 11) is 8.48. The van der Waals surface area contributed by atoms with Crippen LogP contribution in [-0.4, -0.2) is 65.8 Å². The van der Waals surface area contributed by atoms with Gasteiger partial charge in [-0.3, -0.25) is 9.59 Å². The first-order chi connectivity index (χ1) is 20.5. The average molecular weight is 614 g/mol. The van der Waals surface area contributed by atoms with E-state index in [0.717, 1.165) is 0 Å². The van der Waals surface area contributed by atoms with Crippen molar-refractivity contribution in [3.8, 4) is 34.5 Å². The molecule has 228 valence electrons. The van der Waals surface area contributed by atoms with E-state index in [9.17, 15) is 14.4 Å². The molecule has 3 aliphatic rings. The number of methoxy groups -OCH3 is 6. The van der Waals surface area contributed by atoms with E-state index >= 15 is 0 Å². The van der Waals surface area contributed by atoms with Gasteiger partial charge in [-0.25, -0.2) is 4.79 Å². The van der Waals surface area contributed by atoms with Crippen LogP contribution in [0.1, 0.15) is 42.1 Å². The highest BCUT2D eigenvalue weighted by atomic mass is 35.5. The number of carbonyl (C=O) groups is 3. The molecule has 0 bridgehead atoms. The molecule has 5 rings (SSSR count). The van der Waals surface area contributed by atoms with Gasteiger partial charge in [0, 0.05) is 34.9 Å². The van der Waals surface area contributed by atoms with Crippen LogP contribution in [0.4, 0.5) is 0 Å². The van der Waals surface area contributed by atoms with Crippen LogP contribution in [0.2, 0.25) is 5.02 Å². The summed E-state index contributed by atoms with van der Waals surface area (Å²) in [6.45, 7) is 3.48. The van der Waals surface area contributed by atoms with Gasteiger partial charge in [0.15, 0.2) is 17.2 Å². The predicted octanol–water partition coefficient (Wildman–Crippen LogP) is 4.39. The molecule has 0 aromatic heterocycles. The summed E-state index contributed by atoms with van der Waals surface area (Å²) >= 11 is 6.60. The molecule has 0 unspecified atom stereocenters. The standard InChI is InChI=1S/C31H32ClNO10/c1-13-9-16-23(28(34)31(13)29(35)24-17(37-3)12-18(38-4)25(32)27(24)43-31)22(21(14(2)33-16)30(36)42-8)15-10-19(39-5)26(41-7)20(11-15)40-6/h10-13,22,33H,9H2,1-8H3/t13-,22-,31+/m1/s1. The number of ether oxygens (including phenoxy) is 7. The predicted molar refractivity (Wildman–Crippen MR) is 155 cm³/mol. The van der Waals surface area contributed by atoms with E-state index in [1.165, 1.54) is 48.7 Å². The molecule has 2 aromatic rings. The van der Waals surface area contributed by atoms with Crippen LogP contribution in [-0.2, 0) is 14.3 Å². The Labute approximate surface area is 253 Å². The van der Waals surface area contributed by atoms with E-state index in [0.29, 0.717) is 34.2 Å². The van der Waals surface area contributed by atoms with Gasteiger partial charge in [-0.1, -0.05) is 18.5 Å². The third-order valence-electron chi connectivity index (χ3n) is 8.28. The van der Waals surface area contributed by atoms with Crippen molar-refractivity contribution in [3.63, 3.8) is 0 Å². The minimum Gasteiger partial charge on any atom is -0.496 e. The second-order valence-electron chi connectivity index (χ2n) is 10.3. The minimum atomic E-state index is -1.99. The van der Waals surface area contributed by atoms with Gasteiger partial charge < -0.3 is 38.5 Å². The van der Waals surface area contributed by atoms with Crippen LogP contribution in [0.3, 0.4) is 0 Å². The molecule has 0 saturated carbocycles. The monoisotopic (exact) mass is 613 g/mol. The summed E-state index contributed by atoms with van der Waals surface area (Å²) in [5.41, 5.74) is -0.0773. The summed E-state index contributed by atoms with van der Waals surface area (Å²) in [6, 6.07) is 4.80. The molecular formula is C31H32ClNO10. The normalized spacial score (nSPS) is 22.4. The number of hydrogen-bond acceptors (Lipinski definition) is 11. The van der Waals surface area contributed by atoms with Crippen LogP contribution in [0.5, 0.6) is 34.5 Å². The smallest absolute Gasteiger partial charge is 0.336 e. The quantitative estimate of drug-likeness (QED) is 0.353. The number of ketones is 2. The molecule has 2 aliphatic heterocycles. The second-order valence-corrected chi connectivity index (χ2v) is 10.7. The maximum atomic E-state index is 14.9. The number of halogens is 1. The number of esters is 1. The molecule has 1 spiro atoms. The number of benzene rings is 2. The number of nitrogens with one attached hydrogen (secondary N) is 1. The fourth-order valence-electron chi connectivity index (χ4n) is 6.26. The highest BCUT2D eigenvalue weighted by molar-refractivity contribution is 6.36. The summed E-state index contributed by atoms with van der Waals surface area (Å²) in [5.74, 6) is -2.16. The van der Waals surface area contributed by atoms with E-state index in [-0.39, 0.29) is 45.4 Å². The van der Waals surface area contributed by atoms with Crippen LogP contribution < -0.4 is 33.7 Å². The Balaban J connectivity index is 1.76. The van der Waals surface area contributed by atoms with Gasteiger partial charge in [-0.05, 0) is 31.0 Å². The molecule has 2 heterocycles. The van der Waals surface area contributed by atoms with Crippen molar-refractivity contribution in [2.45, 2.75) is 31.8 Å². The van der Waals surface area contributed by atoms with Crippen molar-refractivity contribution in [3.05, 3.63) is 56.9 Å². The van der Waals surface area contributed by atoms with Gasteiger partial charge in [0.2, 0.25) is 22.9 Å². The maximum absolute atomic E-state index is 14.9. The molecule has 43 heavy (non-hydrogen) atoms. The Morgan fingerprint density at radius 2 is 1.51 bits per heavy atom. The fourth-order valence-corrected chi connectivity index (χ4v) is 6.52. The van der Waals surface area contributed by atoms with Crippen molar-refractivity contribution in [1.29, 1.82) is 0 Å². The topological polar surface area (TPSA) is 128 Å². The summed E-state index contributed by atoms with van der Waals surface area (Å²) in [5, 5.41) is 3.27. The molecular weight excluding hydrogens is 582 g/mol. The van der Waals surface area contributed by atoms with Gasteiger partial charge in [-0.2, -0.15) is 0 Å². The maximum Gasteiger partial charge on any atom is 0.336 e. The average Bonchev–Trinajstić information content (AvgIpc) is 3.32. The van der Waals surface area contributed by atoms with Gasteiger partial charge in [0.05, 0.1) is 48.2 Å². The van der Waals surface area contributed by atoms with Crippen molar-refractivity contribution in [1.82, 2.24) is 5.32 Å². The SMILES string of the molecule is COC(=O)C1=C(C)NC2=C(C(=O)[C@@]3(Oc4c(Cl)c(OC)cc(OC)c4C3=O)[C@H](C)C2)[C@@H]1c1cc(OC)c(OC)c(OC)c1. The molecule has 3 atom stereocenters. The van der Waals surface area contributed by atoms with Crippen molar-refractivity contribution >= 4 is 29.1 Å². The molecule has 1 N–H and O–H groups in total. The highest BCUT2D eigenvalue weighted by Crippen LogP contribution is 2.56. The molecule has 0 radical (unpaired) electrons. The van der Waals surface area contributed by atoms with E-state index in [1.54, 1.807) is 26.0 Å². The van der Waals surface area contributed by atoms with Crippen molar-refractivity contribution in [2.75, 3.05) is 42.7 Å². The zero-order chi connectivity index (χ0) is 31.4. The number of rotatable bonds is 7. The Hall–Kier alpha value is -4.38. The lowest BCUT2D eigenvalue weighted by Gasteiger charge is -2.42. The van der Waals surface area contributed by atoms with Crippen LogP contribution in [0.25, 0.3) is 0 Å². The number of fused-ring (bicyclic) bond motifs is 1. The molecule has 1 aliphatic carbocycles. The molecule has 0 fully saturated rings. The zero-order valence-electron chi connectivity index (χ0n) is 25.1. The fraction of sp³-hybridized carbons (Fsp3) is 0.387. The number of dihydropyridines is 1. The lowest BCUT2D eigenvalue weighted by atomic mass is 9.65. The van der Waals surface area contributed by atoms with Crippen molar-refractivity contribution in [2.24, 2.45) is 5.92 Å². The molecule has 0 amide bonds. The van der Waals surface area contributed by atoms with Gasteiger partial charge in [0.1, 0.15) is 22.1 Å². The Bertz CT molecular complexity index is 1600. The van der Waals surface area contributed by atoms with Crippen molar-refractivity contribution < 1.29 is 47.5 Å². The second kappa shape index (κ2) is 11.0. The number of carbonyl (C=O) groups excluding carboxylic acids is 3. The number of Topliss-reactive ketones (excluding diaryl/α,β-unsaturated/α-hetero) is 2. The molecule has 11 nitrogen and oxygen atoms in total. The van der Waals surface area contributed by atoms with E-state index < -0.39 is 35.0 Å². The Morgan fingerprint density at radius 1 is 0.907 bits per heavy atom. The lowest BCUT2D eigenvalue weighted by Crippen LogP contribution is -2.58. The van der Waals surface area contributed by atoms with Crippen LogP contribution in [0.15, 0.2) is 40.7 Å². The van der Waals surface area contributed by atoms with Crippen LogP contribution >= 0.6 is 11.6 Å². The highest BCUT2D eigenvalue weighted by Gasteiger charge is 2.63. The van der Waals surface area contributed by atoms with E-state index in [2.05, 4.69) is 5.32 Å². The first-order valence-corrected chi connectivity index (χ1v) is 13.7. The summed E-state index contributed by atoms with van der Waals surface area (Å²) < 4.78 is 39.0.